The fourth-order valence-electron chi connectivity index (χ4n) is 1.39. The van der Waals surface area contributed by atoms with Crippen LogP contribution < -0.4 is 11.3 Å². The van der Waals surface area contributed by atoms with Gasteiger partial charge in [0.25, 0.3) is 0 Å². The Bertz CT molecular complexity index is 522. The molecular weight excluding hydrogens is 331 g/mol. The van der Waals surface area contributed by atoms with E-state index in [1.165, 1.54) is 6.20 Å². The van der Waals surface area contributed by atoms with Crippen molar-refractivity contribution in [3.05, 3.63) is 44.1 Å². The van der Waals surface area contributed by atoms with Crippen molar-refractivity contribution in [1.29, 1.82) is 0 Å². The van der Waals surface area contributed by atoms with Gasteiger partial charge in [-0.15, -0.1) is 5.10 Å². The molecule has 4 nitrogen and oxygen atoms in total. The van der Waals surface area contributed by atoms with Gasteiger partial charge in [0.05, 0.1) is 22.1 Å². The van der Waals surface area contributed by atoms with Crippen LogP contribution >= 0.6 is 39.1 Å². The molecule has 0 aliphatic rings. The van der Waals surface area contributed by atoms with E-state index in [4.69, 9.17) is 17.4 Å². The molecule has 0 aliphatic heterocycles. The fraction of sp³-hybridized carbons (Fsp3) is 0.111. The molecule has 8 heteroatoms. The maximum atomic E-state index is 14.0. The topological polar surface area (TPSA) is 63.8 Å². The normalized spacial score (nSPS) is 12.7. The Morgan fingerprint density at radius 1 is 1.53 bits per heavy atom. The highest BCUT2D eigenvalue weighted by Crippen LogP contribution is 2.33. The molecule has 0 aliphatic carbocycles. The Hall–Kier alpha value is -0.600. The van der Waals surface area contributed by atoms with E-state index < -0.39 is 11.9 Å². The fourth-order valence-corrected chi connectivity index (χ4v) is 2.45. The third-order valence-corrected chi connectivity index (χ3v) is 4.19. The van der Waals surface area contributed by atoms with Gasteiger partial charge in [-0.05, 0) is 33.5 Å². The summed E-state index contributed by atoms with van der Waals surface area (Å²) < 4.78 is 18.2. The van der Waals surface area contributed by atoms with Gasteiger partial charge < -0.3 is 0 Å². The molecule has 2 aromatic rings. The predicted molar refractivity (Wildman–Crippen MR) is 68.2 cm³/mol. The maximum Gasteiger partial charge on any atom is 0.148 e. The van der Waals surface area contributed by atoms with Crippen LogP contribution in [0.5, 0.6) is 0 Å². The van der Waals surface area contributed by atoms with Gasteiger partial charge in [0.1, 0.15) is 5.82 Å². The third-order valence-electron chi connectivity index (χ3n) is 2.21. The number of halogens is 3. The molecule has 0 saturated carbocycles. The number of hydrogen-bond donors (Lipinski definition) is 2. The summed E-state index contributed by atoms with van der Waals surface area (Å²) in [6.45, 7) is 0. The summed E-state index contributed by atoms with van der Waals surface area (Å²) in [5, 5.41) is 3.72. The van der Waals surface area contributed by atoms with Crippen molar-refractivity contribution in [3.63, 3.8) is 0 Å². The summed E-state index contributed by atoms with van der Waals surface area (Å²) in [4.78, 5) is 0.713. The standard InChI is InChI=1S/C9H7BrClFN4S/c10-5-2-1-4(8(12)7(5)11)9(15-13)6-3-14-16-17-6/h1-3,9,15H,13H2. The lowest BCUT2D eigenvalue weighted by Crippen LogP contribution is -2.29. The van der Waals surface area contributed by atoms with E-state index in [1.807, 2.05) is 0 Å². The van der Waals surface area contributed by atoms with Crippen LogP contribution in [0, 0.1) is 5.82 Å². The summed E-state index contributed by atoms with van der Waals surface area (Å²) in [5.41, 5.74) is 2.88. The summed E-state index contributed by atoms with van der Waals surface area (Å²) in [7, 11) is 0. The molecule has 2 rings (SSSR count). The lowest BCUT2D eigenvalue weighted by Gasteiger charge is -2.15. The molecule has 0 radical (unpaired) electrons. The number of hydrazine groups is 1. The molecule has 90 valence electrons. The SMILES string of the molecule is NNC(c1cnns1)c1ccc(Br)c(Cl)c1F. The number of benzene rings is 1. The van der Waals surface area contributed by atoms with E-state index in [-0.39, 0.29) is 5.02 Å². The zero-order valence-corrected chi connectivity index (χ0v) is 11.5. The maximum absolute atomic E-state index is 14.0. The van der Waals surface area contributed by atoms with E-state index in [0.29, 0.717) is 14.9 Å². The van der Waals surface area contributed by atoms with Crippen LogP contribution in [-0.4, -0.2) is 9.59 Å². The first-order chi connectivity index (χ1) is 8.15. The molecule has 0 fully saturated rings. The second-order valence-corrected chi connectivity index (χ2v) is 5.23. The van der Waals surface area contributed by atoms with Crippen LogP contribution in [0.25, 0.3) is 0 Å². The number of nitrogens with zero attached hydrogens (tertiary/aromatic N) is 2. The first-order valence-electron chi connectivity index (χ1n) is 4.52. The molecule has 1 unspecified atom stereocenters. The van der Waals surface area contributed by atoms with Gasteiger partial charge >= 0.3 is 0 Å². The molecule has 3 N–H and O–H groups in total. The zero-order valence-electron chi connectivity index (χ0n) is 8.32. The molecule has 1 atom stereocenters. The molecule has 0 spiro atoms. The molecule has 17 heavy (non-hydrogen) atoms. The highest BCUT2D eigenvalue weighted by atomic mass is 79.9. The van der Waals surface area contributed by atoms with Gasteiger partial charge in [0, 0.05) is 10.0 Å². The van der Waals surface area contributed by atoms with Crippen LogP contribution in [0.3, 0.4) is 0 Å². The lowest BCUT2D eigenvalue weighted by atomic mass is 10.1. The van der Waals surface area contributed by atoms with Gasteiger partial charge in [-0.2, -0.15) is 0 Å². The third kappa shape index (κ3) is 2.48. The Morgan fingerprint density at radius 3 is 2.88 bits per heavy atom. The molecule has 1 aromatic heterocycles. The van der Waals surface area contributed by atoms with Crippen LogP contribution in [0.1, 0.15) is 16.5 Å². The molecule has 0 saturated heterocycles. The number of nitrogens with two attached hydrogens (primary N) is 1. The molecule has 1 heterocycles. The van der Waals surface area contributed by atoms with E-state index in [2.05, 4.69) is 30.9 Å². The molecule has 0 amide bonds. The van der Waals surface area contributed by atoms with E-state index >= 15 is 0 Å². The predicted octanol–water partition coefficient (Wildman–Crippen LogP) is 2.65. The van der Waals surface area contributed by atoms with Crippen LogP contribution in [-0.2, 0) is 0 Å². The summed E-state index contributed by atoms with van der Waals surface area (Å²) >= 11 is 10.1. The first-order valence-corrected chi connectivity index (χ1v) is 6.46. The average molecular weight is 338 g/mol. The van der Waals surface area contributed by atoms with Crippen LogP contribution in [0.4, 0.5) is 4.39 Å². The summed E-state index contributed by atoms with van der Waals surface area (Å²) in [6, 6.07) is 2.76. The highest BCUT2D eigenvalue weighted by Gasteiger charge is 2.21. The van der Waals surface area contributed by atoms with Crippen molar-refractivity contribution in [2.24, 2.45) is 5.84 Å². The summed E-state index contributed by atoms with van der Waals surface area (Å²) in [6.07, 6.45) is 1.53. The monoisotopic (exact) mass is 336 g/mol. The molecular formula is C9H7BrClFN4S. The Kier molecular flexibility index (Phi) is 4.05. The minimum atomic E-state index is -0.516. The quantitative estimate of drug-likeness (QED) is 0.513. The van der Waals surface area contributed by atoms with Crippen molar-refractivity contribution in [2.75, 3.05) is 0 Å². The zero-order chi connectivity index (χ0) is 12.4. The van der Waals surface area contributed by atoms with Crippen molar-refractivity contribution < 1.29 is 4.39 Å². The Labute approximate surface area is 114 Å². The van der Waals surface area contributed by atoms with Crippen molar-refractivity contribution in [2.45, 2.75) is 6.04 Å². The minimum absolute atomic E-state index is 0.0280. The first kappa shape index (κ1) is 12.8. The number of aromatic nitrogens is 2. The van der Waals surface area contributed by atoms with E-state index in [1.54, 1.807) is 12.1 Å². The smallest absolute Gasteiger partial charge is 0.148 e. The van der Waals surface area contributed by atoms with Gasteiger partial charge in [0.2, 0.25) is 0 Å². The second kappa shape index (κ2) is 5.36. The summed E-state index contributed by atoms with van der Waals surface area (Å²) in [5.74, 6) is 4.92. The van der Waals surface area contributed by atoms with Gasteiger partial charge in [-0.1, -0.05) is 22.2 Å². The molecule has 1 aromatic carbocycles. The van der Waals surface area contributed by atoms with Gasteiger partial charge in [-0.3, -0.25) is 5.84 Å². The Balaban J connectivity index is 2.49. The van der Waals surface area contributed by atoms with Crippen LogP contribution in [0.15, 0.2) is 22.8 Å². The van der Waals surface area contributed by atoms with E-state index in [0.717, 1.165) is 11.5 Å². The minimum Gasteiger partial charge on any atom is -0.271 e. The lowest BCUT2D eigenvalue weighted by molar-refractivity contribution is 0.563. The van der Waals surface area contributed by atoms with Crippen molar-refractivity contribution in [3.8, 4) is 0 Å². The largest absolute Gasteiger partial charge is 0.271 e. The van der Waals surface area contributed by atoms with Crippen LogP contribution in [0.2, 0.25) is 5.02 Å². The van der Waals surface area contributed by atoms with Crippen molar-refractivity contribution >= 4 is 39.1 Å². The second-order valence-electron chi connectivity index (χ2n) is 3.18. The van der Waals surface area contributed by atoms with Gasteiger partial charge in [0.15, 0.2) is 0 Å². The Morgan fingerprint density at radius 2 is 2.29 bits per heavy atom. The average Bonchev–Trinajstić information content (AvgIpc) is 2.84. The highest BCUT2D eigenvalue weighted by molar-refractivity contribution is 9.10. The molecule has 0 bridgehead atoms. The van der Waals surface area contributed by atoms with Gasteiger partial charge in [-0.25, -0.2) is 9.82 Å². The number of nitrogens with one attached hydrogen (secondary N) is 1. The number of hydrogen-bond acceptors (Lipinski definition) is 5. The van der Waals surface area contributed by atoms with E-state index in [9.17, 15) is 4.39 Å². The number of rotatable bonds is 3. The van der Waals surface area contributed by atoms with Crippen molar-refractivity contribution in [1.82, 2.24) is 15.0 Å².